The van der Waals surface area contributed by atoms with Gasteiger partial charge < -0.3 is 19.1 Å². The van der Waals surface area contributed by atoms with Crippen molar-refractivity contribution in [3.63, 3.8) is 0 Å². The largest absolute Gasteiger partial charge is 0.497 e. The number of carbonyl (C=O) groups is 2. The van der Waals surface area contributed by atoms with Gasteiger partial charge >= 0.3 is 0 Å². The van der Waals surface area contributed by atoms with Crippen LogP contribution in [-0.4, -0.2) is 46.4 Å². The highest BCUT2D eigenvalue weighted by Gasteiger charge is 2.22. The van der Waals surface area contributed by atoms with Crippen LogP contribution in [0.1, 0.15) is 69.2 Å². The maximum Gasteiger partial charge on any atom is 0.242 e. The molecule has 0 unspecified atom stereocenters. The van der Waals surface area contributed by atoms with Crippen LogP contribution in [-0.2, 0) is 29.2 Å². The molecule has 0 aliphatic rings. The predicted octanol–water partition coefficient (Wildman–Crippen LogP) is 6.28. The molecule has 2 aromatic carbocycles. The Balaban J connectivity index is 1.78. The van der Waals surface area contributed by atoms with Gasteiger partial charge in [0.1, 0.15) is 5.75 Å². The zero-order valence-corrected chi connectivity index (χ0v) is 23.3. The van der Waals surface area contributed by atoms with E-state index in [9.17, 15) is 9.59 Å². The smallest absolute Gasteiger partial charge is 0.242 e. The SMILES string of the molecule is CCCCCC(=O)N(CCCC)CC(=O)N(Cc1ccccc1)Cc1cccn1Cc1cccc(OC)c1. The van der Waals surface area contributed by atoms with Crippen LogP contribution in [0.15, 0.2) is 72.9 Å². The number of rotatable bonds is 16. The molecular weight excluding hydrogens is 474 g/mol. The molecule has 204 valence electrons. The Labute approximate surface area is 228 Å². The van der Waals surface area contributed by atoms with E-state index in [0.29, 0.717) is 32.6 Å². The summed E-state index contributed by atoms with van der Waals surface area (Å²) in [6.45, 7) is 6.64. The Morgan fingerprint density at radius 3 is 2.29 bits per heavy atom. The Morgan fingerprint density at radius 2 is 1.55 bits per heavy atom. The molecule has 2 amide bonds. The summed E-state index contributed by atoms with van der Waals surface area (Å²) in [4.78, 5) is 30.4. The number of amides is 2. The molecule has 38 heavy (non-hydrogen) atoms. The van der Waals surface area contributed by atoms with Crippen LogP contribution in [0.5, 0.6) is 5.75 Å². The number of benzene rings is 2. The highest BCUT2D eigenvalue weighted by atomic mass is 16.5. The minimum Gasteiger partial charge on any atom is -0.497 e. The van der Waals surface area contributed by atoms with Crippen molar-refractivity contribution in [3.05, 3.63) is 89.7 Å². The molecule has 0 aliphatic carbocycles. The summed E-state index contributed by atoms with van der Waals surface area (Å²) >= 11 is 0. The molecule has 0 radical (unpaired) electrons. The van der Waals surface area contributed by atoms with E-state index in [4.69, 9.17) is 4.74 Å². The van der Waals surface area contributed by atoms with Crippen molar-refractivity contribution in [1.29, 1.82) is 0 Å². The molecule has 3 rings (SSSR count). The molecule has 0 N–H and O–H groups in total. The third kappa shape index (κ3) is 9.09. The van der Waals surface area contributed by atoms with Gasteiger partial charge in [0.05, 0.1) is 20.2 Å². The van der Waals surface area contributed by atoms with E-state index in [1.54, 1.807) is 12.0 Å². The highest BCUT2D eigenvalue weighted by molar-refractivity contribution is 5.84. The van der Waals surface area contributed by atoms with Gasteiger partial charge in [0.15, 0.2) is 0 Å². The third-order valence-electron chi connectivity index (χ3n) is 6.79. The Kier molecular flexibility index (Phi) is 12.0. The third-order valence-corrected chi connectivity index (χ3v) is 6.79. The second-order valence-electron chi connectivity index (χ2n) is 9.84. The lowest BCUT2D eigenvalue weighted by molar-refractivity contribution is -0.141. The summed E-state index contributed by atoms with van der Waals surface area (Å²) in [5.41, 5.74) is 3.25. The number of carbonyl (C=O) groups excluding carboxylic acids is 2. The highest BCUT2D eigenvalue weighted by Crippen LogP contribution is 2.17. The molecular formula is C32H43N3O3. The topological polar surface area (TPSA) is 54.8 Å². The van der Waals surface area contributed by atoms with E-state index in [2.05, 4.69) is 30.5 Å². The number of hydrogen-bond acceptors (Lipinski definition) is 3. The number of unbranched alkanes of at least 4 members (excludes halogenated alkanes) is 3. The molecule has 1 aromatic heterocycles. The quantitative estimate of drug-likeness (QED) is 0.210. The van der Waals surface area contributed by atoms with Gasteiger partial charge in [0, 0.05) is 37.9 Å². The molecule has 0 aliphatic heterocycles. The minimum absolute atomic E-state index is 0.0251. The van der Waals surface area contributed by atoms with Gasteiger partial charge in [-0.25, -0.2) is 0 Å². The zero-order valence-electron chi connectivity index (χ0n) is 23.3. The zero-order chi connectivity index (χ0) is 27.2. The Hall–Kier alpha value is -3.54. The van der Waals surface area contributed by atoms with E-state index < -0.39 is 0 Å². The van der Waals surface area contributed by atoms with E-state index in [1.807, 2.05) is 65.7 Å². The van der Waals surface area contributed by atoms with E-state index in [1.165, 1.54) is 0 Å². The maximum absolute atomic E-state index is 13.7. The van der Waals surface area contributed by atoms with Crippen LogP contribution in [0.2, 0.25) is 0 Å². The monoisotopic (exact) mass is 517 g/mol. The summed E-state index contributed by atoms with van der Waals surface area (Å²) in [6, 6.07) is 22.2. The van der Waals surface area contributed by atoms with Crippen molar-refractivity contribution in [2.75, 3.05) is 20.2 Å². The molecule has 0 saturated heterocycles. The van der Waals surface area contributed by atoms with Crippen LogP contribution < -0.4 is 4.74 Å². The summed E-state index contributed by atoms with van der Waals surface area (Å²) in [7, 11) is 1.67. The van der Waals surface area contributed by atoms with E-state index in [-0.39, 0.29) is 18.4 Å². The van der Waals surface area contributed by atoms with Gasteiger partial charge in [-0.05, 0) is 48.2 Å². The van der Waals surface area contributed by atoms with Gasteiger partial charge in [0.25, 0.3) is 0 Å². The van der Waals surface area contributed by atoms with Crippen molar-refractivity contribution < 1.29 is 14.3 Å². The first-order chi connectivity index (χ1) is 18.5. The summed E-state index contributed by atoms with van der Waals surface area (Å²) in [5, 5.41) is 0. The van der Waals surface area contributed by atoms with Crippen molar-refractivity contribution >= 4 is 11.8 Å². The first-order valence-electron chi connectivity index (χ1n) is 13.9. The lowest BCUT2D eigenvalue weighted by Crippen LogP contribution is -2.43. The van der Waals surface area contributed by atoms with Crippen LogP contribution in [0.25, 0.3) is 0 Å². The molecule has 0 bridgehead atoms. The lowest BCUT2D eigenvalue weighted by Gasteiger charge is -2.28. The average Bonchev–Trinajstić information content (AvgIpc) is 3.37. The number of nitrogens with zero attached hydrogens (tertiary/aromatic N) is 3. The first kappa shape index (κ1) is 29.0. The molecule has 6 heteroatoms. The molecule has 0 saturated carbocycles. The van der Waals surface area contributed by atoms with Crippen LogP contribution in [0.3, 0.4) is 0 Å². The van der Waals surface area contributed by atoms with Gasteiger partial charge in [-0.1, -0.05) is 75.6 Å². The average molecular weight is 518 g/mol. The molecule has 3 aromatic rings. The number of aromatic nitrogens is 1. The van der Waals surface area contributed by atoms with Gasteiger partial charge in [-0.15, -0.1) is 0 Å². The number of ether oxygens (including phenoxy) is 1. The fourth-order valence-corrected chi connectivity index (χ4v) is 4.53. The second kappa shape index (κ2) is 15.7. The molecule has 0 fully saturated rings. The summed E-state index contributed by atoms with van der Waals surface area (Å²) < 4.78 is 7.56. The minimum atomic E-state index is -0.0251. The van der Waals surface area contributed by atoms with Crippen LogP contribution >= 0.6 is 0 Å². The summed E-state index contributed by atoms with van der Waals surface area (Å²) in [5.74, 6) is 0.886. The fourth-order valence-electron chi connectivity index (χ4n) is 4.53. The lowest BCUT2D eigenvalue weighted by atomic mass is 10.1. The molecule has 0 spiro atoms. The number of methoxy groups -OCH3 is 1. The van der Waals surface area contributed by atoms with E-state index >= 15 is 0 Å². The molecule has 0 atom stereocenters. The maximum atomic E-state index is 13.7. The first-order valence-corrected chi connectivity index (χ1v) is 13.9. The second-order valence-corrected chi connectivity index (χ2v) is 9.84. The molecule has 1 heterocycles. The molecule has 6 nitrogen and oxygen atoms in total. The van der Waals surface area contributed by atoms with Crippen LogP contribution in [0, 0.1) is 0 Å². The Bertz CT molecular complexity index is 1130. The van der Waals surface area contributed by atoms with Gasteiger partial charge in [-0.3, -0.25) is 9.59 Å². The van der Waals surface area contributed by atoms with Crippen molar-refractivity contribution in [1.82, 2.24) is 14.4 Å². The van der Waals surface area contributed by atoms with E-state index in [0.717, 1.165) is 54.7 Å². The van der Waals surface area contributed by atoms with Crippen molar-refractivity contribution in [3.8, 4) is 5.75 Å². The predicted molar refractivity (Wildman–Crippen MR) is 153 cm³/mol. The van der Waals surface area contributed by atoms with Gasteiger partial charge in [-0.2, -0.15) is 0 Å². The van der Waals surface area contributed by atoms with Crippen molar-refractivity contribution in [2.45, 2.75) is 72.0 Å². The summed E-state index contributed by atoms with van der Waals surface area (Å²) in [6.07, 6.45) is 7.41. The van der Waals surface area contributed by atoms with Gasteiger partial charge in [0.2, 0.25) is 11.8 Å². The normalized spacial score (nSPS) is 10.8. The number of hydrogen-bond donors (Lipinski definition) is 0. The van der Waals surface area contributed by atoms with Crippen molar-refractivity contribution in [2.24, 2.45) is 0 Å². The standard InChI is InChI=1S/C32H43N3O3/c1-4-6-9-19-31(36)34(20-7-5-2)26-32(37)35(23-27-14-10-8-11-15-27)25-29-17-13-21-33(29)24-28-16-12-18-30(22-28)38-3/h8,10-18,21-22H,4-7,9,19-20,23-26H2,1-3H3. The fraction of sp³-hybridized carbons (Fsp3) is 0.438. The Morgan fingerprint density at radius 1 is 0.789 bits per heavy atom. The van der Waals surface area contributed by atoms with Crippen LogP contribution in [0.4, 0.5) is 0 Å².